The number of amides is 1. The third-order valence-electron chi connectivity index (χ3n) is 5.11. The maximum Gasteiger partial charge on any atom is 0.384 e. The van der Waals surface area contributed by atoms with Gasteiger partial charge in [-0.05, 0) is 49.9 Å². The Morgan fingerprint density at radius 2 is 2.19 bits per heavy atom. The smallest absolute Gasteiger partial charge is 0.384 e. The van der Waals surface area contributed by atoms with Crippen LogP contribution in [0.25, 0.3) is 11.0 Å². The van der Waals surface area contributed by atoms with Crippen LogP contribution in [0.4, 0.5) is 0 Å². The summed E-state index contributed by atoms with van der Waals surface area (Å²) in [7, 11) is 1.25. The zero-order valence-electron chi connectivity index (χ0n) is 14.4. The van der Waals surface area contributed by atoms with Gasteiger partial charge in [-0.25, -0.2) is 9.78 Å². The first kappa shape index (κ1) is 16.6. The molecule has 2 aromatic rings. The van der Waals surface area contributed by atoms with Crippen molar-refractivity contribution in [3.8, 4) is 11.8 Å². The number of hydrogen-bond acceptors (Lipinski definition) is 6. The summed E-state index contributed by atoms with van der Waals surface area (Å²) >= 11 is 0. The van der Waals surface area contributed by atoms with Crippen LogP contribution in [0.15, 0.2) is 22.8 Å². The minimum atomic E-state index is -0.673. The lowest BCUT2D eigenvalue weighted by Crippen LogP contribution is -2.57. The van der Waals surface area contributed by atoms with E-state index in [1.807, 2.05) is 0 Å². The molecule has 2 aromatic heterocycles. The summed E-state index contributed by atoms with van der Waals surface area (Å²) in [5.74, 6) is 4.59. The molecular weight excluding hydrogens is 334 g/mol. The number of ether oxygens (including phenoxy) is 1. The average molecular weight is 353 g/mol. The number of piperidine rings is 3. The van der Waals surface area contributed by atoms with E-state index in [2.05, 4.69) is 31.8 Å². The van der Waals surface area contributed by atoms with Crippen LogP contribution in [0.2, 0.25) is 0 Å². The lowest BCUT2D eigenvalue weighted by Gasteiger charge is -2.44. The summed E-state index contributed by atoms with van der Waals surface area (Å²) in [6, 6.07) is 3.57. The number of carbonyl (C=O) groups excluding carboxylic acids is 2. The standard InChI is InChI=1S/C19H19N3O4/c1-25-17(23)3-2-14-18-13(6-9-26-18)10-15(20-14)19(24)21-16-11-22-7-4-12(16)5-8-22/h6,9-10,12,16H,4-5,7-8,11H2,1H3,(H,21,24)/t16-/m0/s1. The predicted octanol–water partition coefficient (Wildman–Crippen LogP) is 1.18. The summed E-state index contributed by atoms with van der Waals surface area (Å²) in [6.45, 7) is 3.12. The number of methoxy groups -OCH3 is 1. The number of nitrogens with one attached hydrogen (secondary N) is 1. The molecule has 3 fully saturated rings. The fourth-order valence-electron chi connectivity index (χ4n) is 3.71. The van der Waals surface area contributed by atoms with E-state index in [0.717, 1.165) is 32.5 Å². The van der Waals surface area contributed by atoms with E-state index in [4.69, 9.17) is 4.42 Å². The van der Waals surface area contributed by atoms with Gasteiger partial charge in [-0.1, -0.05) is 0 Å². The third kappa shape index (κ3) is 3.16. The summed E-state index contributed by atoms with van der Waals surface area (Å²) < 4.78 is 9.90. The van der Waals surface area contributed by atoms with Crippen LogP contribution in [-0.4, -0.2) is 54.5 Å². The number of aromatic nitrogens is 1. The van der Waals surface area contributed by atoms with E-state index >= 15 is 0 Å². The predicted molar refractivity (Wildman–Crippen MR) is 93.3 cm³/mol. The monoisotopic (exact) mass is 353 g/mol. The molecule has 1 atom stereocenters. The number of carbonyl (C=O) groups is 2. The van der Waals surface area contributed by atoms with Crippen molar-refractivity contribution in [2.24, 2.45) is 5.92 Å². The Morgan fingerprint density at radius 3 is 2.88 bits per heavy atom. The van der Waals surface area contributed by atoms with Crippen LogP contribution in [0, 0.1) is 17.8 Å². The van der Waals surface area contributed by atoms with Crippen LogP contribution in [0.5, 0.6) is 0 Å². The molecule has 134 valence electrons. The molecule has 2 bridgehead atoms. The maximum atomic E-state index is 12.7. The van der Waals surface area contributed by atoms with Crippen LogP contribution in [0.3, 0.4) is 0 Å². The molecule has 7 heteroatoms. The van der Waals surface area contributed by atoms with E-state index in [-0.39, 0.29) is 23.3 Å². The molecule has 0 aliphatic carbocycles. The Bertz CT molecular complexity index is 916. The molecule has 0 radical (unpaired) electrons. The number of furan rings is 1. The Kier molecular flexibility index (Phi) is 4.35. The van der Waals surface area contributed by atoms with Gasteiger partial charge in [-0.2, -0.15) is 0 Å². The van der Waals surface area contributed by atoms with Crippen molar-refractivity contribution < 1.29 is 18.7 Å². The second kappa shape index (κ2) is 6.81. The number of nitrogens with zero attached hydrogens (tertiary/aromatic N) is 2. The minimum Gasteiger partial charge on any atom is -0.461 e. The van der Waals surface area contributed by atoms with Crippen molar-refractivity contribution in [1.29, 1.82) is 0 Å². The molecule has 7 nitrogen and oxygen atoms in total. The highest BCUT2D eigenvalue weighted by atomic mass is 16.5. The molecule has 0 aromatic carbocycles. The van der Waals surface area contributed by atoms with E-state index in [1.165, 1.54) is 13.4 Å². The first-order valence-corrected chi connectivity index (χ1v) is 8.65. The topological polar surface area (TPSA) is 84.7 Å². The molecule has 0 spiro atoms. The second-order valence-electron chi connectivity index (χ2n) is 6.65. The molecule has 26 heavy (non-hydrogen) atoms. The van der Waals surface area contributed by atoms with Gasteiger partial charge in [-0.3, -0.25) is 4.79 Å². The SMILES string of the molecule is COC(=O)C#Cc1nc(C(=O)N[C@H]2CN3CCC2CC3)cc2ccoc12. The lowest BCUT2D eigenvalue weighted by atomic mass is 9.84. The van der Waals surface area contributed by atoms with Gasteiger partial charge >= 0.3 is 5.97 Å². The highest BCUT2D eigenvalue weighted by molar-refractivity contribution is 5.97. The number of pyridine rings is 1. The molecule has 3 aliphatic heterocycles. The third-order valence-corrected chi connectivity index (χ3v) is 5.11. The molecule has 0 saturated carbocycles. The Labute approximate surface area is 150 Å². The highest BCUT2D eigenvalue weighted by Crippen LogP contribution is 2.28. The van der Waals surface area contributed by atoms with E-state index in [9.17, 15) is 9.59 Å². The summed E-state index contributed by atoms with van der Waals surface area (Å²) in [5.41, 5.74) is 0.960. The van der Waals surface area contributed by atoms with E-state index in [0.29, 0.717) is 16.9 Å². The fraction of sp³-hybridized carbons (Fsp3) is 0.421. The van der Waals surface area contributed by atoms with Crippen molar-refractivity contribution in [2.75, 3.05) is 26.7 Å². The molecule has 3 saturated heterocycles. The molecule has 0 unspecified atom stereocenters. The average Bonchev–Trinajstić information content (AvgIpc) is 3.15. The second-order valence-corrected chi connectivity index (χ2v) is 6.65. The Hall–Kier alpha value is -2.85. The highest BCUT2D eigenvalue weighted by Gasteiger charge is 2.35. The Balaban J connectivity index is 1.60. The normalized spacial score (nSPS) is 24.0. The van der Waals surface area contributed by atoms with Crippen LogP contribution in [-0.2, 0) is 9.53 Å². The summed E-state index contributed by atoms with van der Waals surface area (Å²) in [5, 5.41) is 3.83. The van der Waals surface area contributed by atoms with Crippen LogP contribution < -0.4 is 5.32 Å². The zero-order valence-corrected chi connectivity index (χ0v) is 14.4. The first-order valence-electron chi connectivity index (χ1n) is 8.65. The molecular formula is C19H19N3O4. The van der Waals surface area contributed by atoms with Gasteiger partial charge in [0.1, 0.15) is 5.69 Å². The van der Waals surface area contributed by atoms with Gasteiger partial charge in [-0.15, -0.1) is 0 Å². The quantitative estimate of drug-likeness (QED) is 0.645. The van der Waals surface area contributed by atoms with Gasteiger partial charge in [0.15, 0.2) is 11.3 Å². The van der Waals surface area contributed by atoms with Gasteiger partial charge in [0.25, 0.3) is 5.91 Å². The molecule has 1 N–H and O–H groups in total. The van der Waals surface area contributed by atoms with Crippen LogP contribution >= 0.6 is 0 Å². The van der Waals surface area contributed by atoms with Crippen LogP contribution in [0.1, 0.15) is 29.0 Å². The van der Waals surface area contributed by atoms with Gasteiger partial charge < -0.3 is 19.4 Å². The minimum absolute atomic E-state index is 0.149. The van der Waals surface area contributed by atoms with Crippen molar-refractivity contribution in [2.45, 2.75) is 18.9 Å². The summed E-state index contributed by atoms with van der Waals surface area (Å²) in [4.78, 5) is 30.7. The lowest BCUT2D eigenvalue weighted by molar-refractivity contribution is -0.133. The van der Waals surface area contributed by atoms with Crippen molar-refractivity contribution in [3.63, 3.8) is 0 Å². The zero-order chi connectivity index (χ0) is 18.1. The molecule has 3 aliphatic rings. The first-order chi connectivity index (χ1) is 12.6. The van der Waals surface area contributed by atoms with Gasteiger partial charge in [0, 0.05) is 23.9 Å². The van der Waals surface area contributed by atoms with Crippen molar-refractivity contribution in [3.05, 3.63) is 29.8 Å². The number of fused-ring (bicyclic) bond motifs is 4. The summed E-state index contributed by atoms with van der Waals surface area (Å²) in [6.07, 6.45) is 3.74. The number of rotatable bonds is 2. The Morgan fingerprint density at radius 1 is 1.38 bits per heavy atom. The van der Waals surface area contributed by atoms with E-state index in [1.54, 1.807) is 12.1 Å². The maximum absolute atomic E-state index is 12.7. The largest absolute Gasteiger partial charge is 0.461 e. The molecule has 1 amide bonds. The van der Waals surface area contributed by atoms with Crippen molar-refractivity contribution in [1.82, 2.24) is 15.2 Å². The van der Waals surface area contributed by atoms with E-state index < -0.39 is 5.97 Å². The number of esters is 1. The number of hydrogen-bond donors (Lipinski definition) is 1. The van der Waals surface area contributed by atoms with Gasteiger partial charge in [0.05, 0.1) is 13.4 Å². The van der Waals surface area contributed by atoms with Gasteiger partial charge in [0.2, 0.25) is 0 Å². The molecule has 5 rings (SSSR count). The fourth-order valence-corrected chi connectivity index (χ4v) is 3.71. The molecule has 5 heterocycles. The van der Waals surface area contributed by atoms with Crippen molar-refractivity contribution >= 4 is 22.8 Å².